The molecular weight excluding hydrogens is 322 g/mol. The van der Waals surface area contributed by atoms with Gasteiger partial charge in [0.25, 0.3) is 0 Å². The number of amides is 1. The average Bonchev–Trinajstić information content (AvgIpc) is 2.68. The molecule has 1 heterocycles. The number of carbonyl (C=O) groups is 1. The number of piperazine rings is 1. The fourth-order valence-corrected chi connectivity index (χ4v) is 3.76. The maximum Gasteiger partial charge on any atom is 0.222 e. The van der Waals surface area contributed by atoms with Gasteiger partial charge in [0.15, 0.2) is 0 Å². The first-order chi connectivity index (χ1) is 12.8. The lowest BCUT2D eigenvalue weighted by Crippen LogP contribution is -2.48. The van der Waals surface area contributed by atoms with E-state index >= 15 is 0 Å². The number of benzene rings is 2. The van der Waals surface area contributed by atoms with Gasteiger partial charge in [0, 0.05) is 39.1 Å². The zero-order chi connectivity index (χ0) is 18.2. The summed E-state index contributed by atoms with van der Waals surface area (Å²) in [5, 5.41) is 2.64. The predicted octanol–water partition coefficient (Wildman–Crippen LogP) is 3.39. The molecule has 0 unspecified atom stereocenters. The lowest BCUT2D eigenvalue weighted by Gasteiger charge is -2.35. The van der Waals surface area contributed by atoms with Gasteiger partial charge in [-0.15, -0.1) is 0 Å². The average molecular weight is 354 g/mol. The Kier molecular flexibility index (Phi) is 7.04. The van der Waals surface area contributed by atoms with Gasteiger partial charge in [-0.25, -0.2) is 0 Å². The first-order valence-electron chi connectivity index (χ1n) is 9.95. The van der Waals surface area contributed by atoms with Crippen molar-refractivity contribution in [3.63, 3.8) is 0 Å². The summed E-state index contributed by atoms with van der Waals surface area (Å²) >= 11 is 0. The largest absolute Gasteiger partial charge is 0.340 e. The zero-order valence-corrected chi connectivity index (χ0v) is 15.7. The number of unbranched alkanes of at least 4 members (excludes halogenated alkanes) is 3. The lowest BCUT2D eigenvalue weighted by molar-refractivity contribution is -0.133. The fraction of sp³-hybridized carbons (Fsp3) is 0.500. The van der Waals surface area contributed by atoms with Crippen LogP contribution in [0.15, 0.2) is 42.5 Å². The highest BCUT2D eigenvalue weighted by Crippen LogP contribution is 2.20. The number of hydrogen-bond donors (Lipinski definition) is 1. The normalized spacial score (nSPS) is 15.5. The Bertz CT molecular complexity index is 702. The van der Waals surface area contributed by atoms with Gasteiger partial charge in [-0.3, -0.25) is 9.69 Å². The van der Waals surface area contributed by atoms with Gasteiger partial charge < -0.3 is 10.6 Å². The van der Waals surface area contributed by atoms with Gasteiger partial charge in [-0.2, -0.15) is 0 Å². The zero-order valence-electron chi connectivity index (χ0n) is 15.7. The Labute approximate surface area is 157 Å². The van der Waals surface area contributed by atoms with Crippen LogP contribution >= 0.6 is 0 Å². The van der Waals surface area contributed by atoms with Crippen LogP contribution in [0.4, 0.5) is 0 Å². The van der Waals surface area contributed by atoms with E-state index in [1.807, 2.05) is 4.90 Å². The van der Waals surface area contributed by atoms with E-state index in [-0.39, 0.29) is 0 Å². The van der Waals surface area contributed by atoms with E-state index in [2.05, 4.69) is 47.4 Å². The molecule has 3 rings (SSSR count). The summed E-state index contributed by atoms with van der Waals surface area (Å²) in [7, 11) is 0. The number of rotatable bonds is 8. The molecule has 2 aromatic rings. The number of hydrogen-bond acceptors (Lipinski definition) is 3. The topological polar surface area (TPSA) is 49.6 Å². The number of carbonyl (C=O) groups excluding carboxylic acids is 1. The van der Waals surface area contributed by atoms with Crippen molar-refractivity contribution in [1.29, 1.82) is 0 Å². The molecule has 2 N–H and O–H groups in total. The van der Waals surface area contributed by atoms with Crippen molar-refractivity contribution in [3.05, 3.63) is 48.0 Å². The van der Waals surface area contributed by atoms with Crippen LogP contribution in [0.3, 0.4) is 0 Å². The minimum atomic E-state index is 0.322. The molecule has 26 heavy (non-hydrogen) atoms. The van der Waals surface area contributed by atoms with Crippen LogP contribution in [0.1, 0.15) is 37.7 Å². The van der Waals surface area contributed by atoms with Gasteiger partial charge in [0.05, 0.1) is 0 Å². The van der Waals surface area contributed by atoms with Gasteiger partial charge in [0.1, 0.15) is 0 Å². The first kappa shape index (κ1) is 18.9. The second-order valence-corrected chi connectivity index (χ2v) is 7.25. The molecule has 140 valence electrons. The smallest absolute Gasteiger partial charge is 0.222 e. The molecule has 4 heteroatoms. The first-order valence-corrected chi connectivity index (χ1v) is 9.95. The second kappa shape index (κ2) is 9.70. The van der Waals surface area contributed by atoms with Crippen LogP contribution in [0.2, 0.25) is 0 Å². The van der Waals surface area contributed by atoms with Crippen molar-refractivity contribution in [2.24, 2.45) is 5.73 Å². The van der Waals surface area contributed by atoms with Crippen molar-refractivity contribution >= 4 is 16.7 Å². The van der Waals surface area contributed by atoms with Gasteiger partial charge in [-0.1, -0.05) is 55.3 Å². The van der Waals surface area contributed by atoms with Gasteiger partial charge >= 0.3 is 0 Å². The van der Waals surface area contributed by atoms with Crippen molar-refractivity contribution < 1.29 is 4.79 Å². The summed E-state index contributed by atoms with van der Waals surface area (Å²) < 4.78 is 0. The molecule has 1 amide bonds. The highest BCUT2D eigenvalue weighted by Gasteiger charge is 2.21. The van der Waals surface area contributed by atoms with E-state index in [0.717, 1.165) is 65.0 Å². The molecule has 0 bridgehead atoms. The Morgan fingerprint density at radius 2 is 1.62 bits per heavy atom. The number of fused-ring (bicyclic) bond motifs is 1. The van der Waals surface area contributed by atoms with Gasteiger partial charge in [0.2, 0.25) is 5.91 Å². The maximum atomic E-state index is 12.4. The third-order valence-corrected chi connectivity index (χ3v) is 5.34. The summed E-state index contributed by atoms with van der Waals surface area (Å²) in [5.41, 5.74) is 6.88. The monoisotopic (exact) mass is 353 g/mol. The van der Waals surface area contributed by atoms with Crippen LogP contribution in [0.25, 0.3) is 10.8 Å². The minimum absolute atomic E-state index is 0.322. The van der Waals surface area contributed by atoms with Gasteiger partial charge in [-0.05, 0) is 35.7 Å². The van der Waals surface area contributed by atoms with Crippen LogP contribution in [-0.4, -0.2) is 48.4 Å². The standard InChI is InChI=1S/C22H31N3O/c23-13-6-2-1-3-12-22(26)25-16-14-24(15-17-25)18-20-10-7-9-19-8-4-5-11-21(19)20/h4-5,7-11H,1-3,6,12-18,23H2. The second-order valence-electron chi connectivity index (χ2n) is 7.25. The van der Waals surface area contributed by atoms with E-state index in [1.165, 1.54) is 16.3 Å². The van der Waals surface area contributed by atoms with Crippen molar-refractivity contribution in [2.45, 2.75) is 38.6 Å². The van der Waals surface area contributed by atoms with E-state index in [0.29, 0.717) is 12.3 Å². The van der Waals surface area contributed by atoms with E-state index in [1.54, 1.807) is 0 Å². The molecule has 4 nitrogen and oxygen atoms in total. The highest BCUT2D eigenvalue weighted by atomic mass is 16.2. The van der Waals surface area contributed by atoms with Crippen molar-refractivity contribution in [2.75, 3.05) is 32.7 Å². The predicted molar refractivity (Wildman–Crippen MR) is 108 cm³/mol. The Balaban J connectivity index is 1.45. The molecule has 0 atom stereocenters. The molecule has 0 saturated carbocycles. The third kappa shape index (κ3) is 5.05. The quantitative estimate of drug-likeness (QED) is 0.740. The van der Waals surface area contributed by atoms with E-state index < -0.39 is 0 Å². The molecule has 0 spiro atoms. The molecule has 0 radical (unpaired) electrons. The van der Waals surface area contributed by atoms with Crippen LogP contribution in [0, 0.1) is 0 Å². The van der Waals surface area contributed by atoms with Crippen LogP contribution in [0.5, 0.6) is 0 Å². The van der Waals surface area contributed by atoms with Crippen molar-refractivity contribution in [3.8, 4) is 0 Å². The molecule has 1 fully saturated rings. The SMILES string of the molecule is NCCCCCCC(=O)N1CCN(Cc2cccc3ccccc23)CC1. The van der Waals surface area contributed by atoms with Crippen molar-refractivity contribution in [1.82, 2.24) is 9.80 Å². The Morgan fingerprint density at radius 1 is 0.885 bits per heavy atom. The third-order valence-electron chi connectivity index (χ3n) is 5.34. The Hall–Kier alpha value is -1.91. The molecule has 1 aliphatic rings. The fourth-order valence-electron chi connectivity index (χ4n) is 3.76. The molecule has 0 aromatic heterocycles. The van der Waals surface area contributed by atoms with Crippen LogP contribution in [-0.2, 0) is 11.3 Å². The van der Waals surface area contributed by atoms with E-state index in [4.69, 9.17) is 5.73 Å². The summed E-state index contributed by atoms with van der Waals surface area (Å²) in [6, 6.07) is 15.1. The molecule has 0 aliphatic carbocycles. The summed E-state index contributed by atoms with van der Waals surface area (Å²) in [4.78, 5) is 16.9. The molecule has 1 aliphatic heterocycles. The number of nitrogens with two attached hydrogens (primary N) is 1. The summed E-state index contributed by atoms with van der Waals surface area (Å²) in [6.45, 7) is 5.35. The summed E-state index contributed by atoms with van der Waals surface area (Å²) in [6.07, 6.45) is 5.01. The lowest BCUT2D eigenvalue weighted by atomic mass is 10.0. The summed E-state index contributed by atoms with van der Waals surface area (Å²) in [5.74, 6) is 0.322. The Morgan fingerprint density at radius 3 is 2.42 bits per heavy atom. The number of nitrogens with zero attached hydrogens (tertiary/aromatic N) is 2. The molecule has 2 aromatic carbocycles. The minimum Gasteiger partial charge on any atom is -0.340 e. The molecular formula is C22H31N3O. The van der Waals surface area contributed by atoms with Crippen LogP contribution < -0.4 is 5.73 Å². The molecule has 1 saturated heterocycles. The van der Waals surface area contributed by atoms with E-state index in [9.17, 15) is 4.79 Å². The highest BCUT2D eigenvalue weighted by molar-refractivity contribution is 5.85. The maximum absolute atomic E-state index is 12.4.